The van der Waals surface area contributed by atoms with Crippen molar-refractivity contribution in [2.75, 3.05) is 13.1 Å². The standard InChI is InChI=1S/C13H25N3O2S/c1-6-14-9-12-8-13(10-15(12)5)19(17,18)16(7-2)11(3)4/h8,10-11,14H,6-7,9H2,1-5H3. The monoisotopic (exact) mass is 287 g/mol. The molecular weight excluding hydrogens is 262 g/mol. The molecule has 0 radical (unpaired) electrons. The van der Waals surface area contributed by atoms with Gasteiger partial charge in [-0.05, 0) is 26.5 Å². The first kappa shape index (κ1) is 16.2. The molecule has 0 unspecified atom stereocenters. The number of aryl methyl sites for hydroxylation is 1. The van der Waals surface area contributed by atoms with Crippen molar-refractivity contribution in [1.29, 1.82) is 0 Å². The summed E-state index contributed by atoms with van der Waals surface area (Å²) >= 11 is 0. The van der Waals surface area contributed by atoms with Crippen LogP contribution in [0.5, 0.6) is 0 Å². The predicted octanol–water partition coefficient (Wildman–Crippen LogP) is 1.55. The van der Waals surface area contributed by atoms with Gasteiger partial charge in [-0.15, -0.1) is 0 Å². The van der Waals surface area contributed by atoms with E-state index < -0.39 is 10.0 Å². The van der Waals surface area contributed by atoms with Gasteiger partial charge in [0.05, 0.1) is 0 Å². The summed E-state index contributed by atoms with van der Waals surface area (Å²) in [5, 5.41) is 3.21. The summed E-state index contributed by atoms with van der Waals surface area (Å²) in [6.07, 6.45) is 1.69. The Hall–Kier alpha value is -0.850. The van der Waals surface area contributed by atoms with Crippen LogP contribution in [0.3, 0.4) is 0 Å². The minimum absolute atomic E-state index is 0.0348. The molecule has 0 spiro atoms. The molecule has 0 fully saturated rings. The number of rotatable bonds is 7. The van der Waals surface area contributed by atoms with Crippen LogP contribution in [-0.2, 0) is 23.6 Å². The molecular formula is C13H25N3O2S. The van der Waals surface area contributed by atoms with Gasteiger partial charge in [0.1, 0.15) is 4.90 Å². The fourth-order valence-corrected chi connectivity index (χ4v) is 3.84. The SMILES string of the molecule is CCNCc1cc(S(=O)(=O)N(CC)C(C)C)cn1C. The van der Waals surface area contributed by atoms with Crippen LogP contribution in [0, 0.1) is 0 Å². The molecule has 1 aromatic heterocycles. The van der Waals surface area contributed by atoms with E-state index in [0.717, 1.165) is 12.2 Å². The number of hydrogen-bond acceptors (Lipinski definition) is 3. The van der Waals surface area contributed by atoms with Crippen LogP contribution >= 0.6 is 0 Å². The average molecular weight is 287 g/mol. The molecule has 0 amide bonds. The lowest BCUT2D eigenvalue weighted by Crippen LogP contribution is -2.36. The van der Waals surface area contributed by atoms with Crippen molar-refractivity contribution in [2.45, 2.75) is 45.2 Å². The maximum Gasteiger partial charge on any atom is 0.244 e. The van der Waals surface area contributed by atoms with Crippen molar-refractivity contribution >= 4 is 10.0 Å². The van der Waals surface area contributed by atoms with Crippen molar-refractivity contribution < 1.29 is 8.42 Å². The molecule has 1 N–H and O–H groups in total. The largest absolute Gasteiger partial charge is 0.352 e. The van der Waals surface area contributed by atoms with Crippen LogP contribution < -0.4 is 5.32 Å². The average Bonchev–Trinajstić information content (AvgIpc) is 2.68. The normalized spacial score (nSPS) is 12.6. The summed E-state index contributed by atoms with van der Waals surface area (Å²) in [6.45, 7) is 9.69. The summed E-state index contributed by atoms with van der Waals surface area (Å²) in [5.74, 6) is 0. The first-order valence-electron chi connectivity index (χ1n) is 6.72. The second kappa shape index (κ2) is 6.54. The molecule has 0 bridgehead atoms. The van der Waals surface area contributed by atoms with Gasteiger partial charge in [0, 0.05) is 38.1 Å². The molecule has 0 atom stereocenters. The van der Waals surface area contributed by atoms with E-state index in [2.05, 4.69) is 5.32 Å². The fourth-order valence-electron chi connectivity index (χ4n) is 2.09. The zero-order chi connectivity index (χ0) is 14.6. The molecule has 0 saturated heterocycles. The molecule has 110 valence electrons. The van der Waals surface area contributed by atoms with Gasteiger partial charge in [-0.25, -0.2) is 8.42 Å². The van der Waals surface area contributed by atoms with Gasteiger partial charge < -0.3 is 9.88 Å². The Labute approximate surface area is 116 Å². The number of hydrogen-bond donors (Lipinski definition) is 1. The number of nitrogens with zero attached hydrogens (tertiary/aromatic N) is 2. The van der Waals surface area contributed by atoms with Crippen LogP contribution in [0.15, 0.2) is 17.2 Å². The van der Waals surface area contributed by atoms with Crippen molar-refractivity contribution in [3.8, 4) is 0 Å². The summed E-state index contributed by atoms with van der Waals surface area (Å²) in [5.41, 5.74) is 0.972. The lowest BCUT2D eigenvalue weighted by Gasteiger charge is -2.23. The molecule has 5 nitrogen and oxygen atoms in total. The van der Waals surface area contributed by atoms with Crippen molar-refractivity contribution in [1.82, 2.24) is 14.2 Å². The van der Waals surface area contributed by atoms with Gasteiger partial charge in [-0.1, -0.05) is 13.8 Å². The Bertz CT molecular complexity index is 506. The Morgan fingerprint density at radius 2 is 2.00 bits per heavy atom. The predicted molar refractivity (Wildman–Crippen MR) is 77.5 cm³/mol. The molecule has 1 aromatic rings. The first-order valence-corrected chi connectivity index (χ1v) is 8.16. The Morgan fingerprint density at radius 3 is 2.47 bits per heavy atom. The Morgan fingerprint density at radius 1 is 1.37 bits per heavy atom. The van der Waals surface area contributed by atoms with E-state index in [-0.39, 0.29) is 6.04 Å². The van der Waals surface area contributed by atoms with E-state index >= 15 is 0 Å². The highest BCUT2D eigenvalue weighted by Crippen LogP contribution is 2.20. The van der Waals surface area contributed by atoms with Gasteiger partial charge in [0.15, 0.2) is 0 Å². The lowest BCUT2D eigenvalue weighted by molar-refractivity contribution is 0.369. The maximum atomic E-state index is 12.5. The minimum atomic E-state index is -3.39. The highest BCUT2D eigenvalue weighted by atomic mass is 32.2. The van der Waals surface area contributed by atoms with Crippen molar-refractivity contribution in [3.63, 3.8) is 0 Å². The van der Waals surface area contributed by atoms with Crippen molar-refractivity contribution in [2.24, 2.45) is 7.05 Å². The highest BCUT2D eigenvalue weighted by Gasteiger charge is 2.26. The van der Waals surface area contributed by atoms with Crippen LogP contribution in [0.25, 0.3) is 0 Å². The zero-order valence-electron chi connectivity index (χ0n) is 12.5. The summed E-state index contributed by atoms with van der Waals surface area (Å²) in [6, 6.07) is 1.72. The second-order valence-corrected chi connectivity index (χ2v) is 6.75. The quantitative estimate of drug-likeness (QED) is 0.828. The van der Waals surface area contributed by atoms with E-state index in [9.17, 15) is 8.42 Å². The topological polar surface area (TPSA) is 54.3 Å². The molecule has 19 heavy (non-hydrogen) atoms. The van der Waals surface area contributed by atoms with E-state index in [1.807, 2.05) is 39.3 Å². The summed E-state index contributed by atoms with van der Waals surface area (Å²) in [4.78, 5) is 0.374. The van der Waals surface area contributed by atoms with Gasteiger partial charge >= 0.3 is 0 Å². The number of aromatic nitrogens is 1. The molecule has 0 aliphatic carbocycles. The lowest BCUT2D eigenvalue weighted by atomic mass is 10.4. The van der Waals surface area contributed by atoms with Gasteiger partial charge in [0.25, 0.3) is 0 Å². The minimum Gasteiger partial charge on any atom is -0.352 e. The molecule has 0 aromatic carbocycles. The smallest absolute Gasteiger partial charge is 0.244 e. The molecule has 1 rings (SSSR count). The summed E-state index contributed by atoms with van der Waals surface area (Å²) < 4.78 is 28.5. The molecule has 0 saturated carbocycles. The fraction of sp³-hybridized carbons (Fsp3) is 0.692. The van der Waals surface area contributed by atoms with Crippen LogP contribution in [0.4, 0.5) is 0 Å². The first-order chi connectivity index (χ1) is 8.84. The van der Waals surface area contributed by atoms with E-state index in [1.54, 1.807) is 12.3 Å². The molecule has 0 aliphatic heterocycles. The van der Waals surface area contributed by atoms with Crippen LogP contribution in [0.1, 0.15) is 33.4 Å². The van der Waals surface area contributed by atoms with Gasteiger partial charge in [-0.2, -0.15) is 4.31 Å². The Kier molecular flexibility index (Phi) is 5.58. The van der Waals surface area contributed by atoms with Crippen LogP contribution in [0.2, 0.25) is 0 Å². The van der Waals surface area contributed by atoms with Crippen LogP contribution in [-0.4, -0.2) is 36.4 Å². The zero-order valence-corrected chi connectivity index (χ0v) is 13.3. The third-order valence-electron chi connectivity index (χ3n) is 3.13. The third kappa shape index (κ3) is 3.58. The van der Waals surface area contributed by atoms with Gasteiger partial charge in [-0.3, -0.25) is 0 Å². The van der Waals surface area contributed by atoms with Gasteiger partial charge in [0.2, 0.25) is 10.0 Å². The maximum absolute atomic E-state index is 12.5. The molecule has 1 heterocycles. The summed E-state index contributed by atoms with van der Waals surface area (Å²) in [7, 11) is -1.52. The third-order valence-corrected chi connectivity index (χ3v) is 5.25. The van der Waals surface area contributed by atoms with E-state index in [1.165, 1.54) is 4.31 Å². The highest BCUT2D eigenvalue weighted by molar-refractivity contribution is 7.89. The van der Waals surface area contributed by atoms with Crippen molar-refractivity contribution in [3.05, 3.63) is 18.0 Å². The molecule has 6 heteroatoms. The van der Waals surface area contributed by atoms with E-state index in [0.29, 0.717) is 18.0 Å². The Balaban J connectivity index is 3.08. The molecule has 0 aliphatic rings. The second-order valence-electron chi connectivity index (χ2n) is 4.86. The number of sulfonamides is 1. The number of nitrogens with one attached hydrogen (secondary N) is 1. The van der Waals surface area contributed by atoms with E-state index in [4.69, 9.17) is 0 Å².